The minimum atomic E-state index is -0.214. The first-order valence-electron chi connectivity index (χ1n) is 9.54. The fourth-order valence-corrected chi connectivity index (χ4v) is 3.88. The van der Waals surface area contributed by atoms with Crippen molar-refractivity contribution in [3.05, 3.63) is 54.1 Å². The molecule has 0 radical (unpaired) electrons. The van der Waals surface area contributed by atoms with Gasteiger partial charge < -0.3 is 15.0 Å². The van der Waals surface area contributed by atoms with Crippen LogP contribution in [0.15, 0.2) is 53.5 Å². The van der Waals surface area contributed by atoms with Gasteiger partial charge in [-0.15, -0.1) is 0 Å². The summed E-state index contributed by atoms with van der Waals surface area (Å²) in [5, 5.41) is 2.90. The maximum atomic E-state index is 13.1. The summed E-state index contributed by atoms with van der Waals surface area (Å²) >= 11 is 0. The van der Waals surface area contributed by atoms with E-state index < -0.39 is 0 Å². The summed E-state index contributed by atoms with van der Waals surface area (Å²) < 4.78 is 5.32. The zero-order chi connectivity index (χ0) is 19.5. The van der Waals surface area contributed by atoms with Crippen molar-refractivity contribution in [3.8, 4) is 5.75 Å². The highest BCUT2D eigenvalue weighted by Crippen LogP contribution is 2.37. The lowest BCUT2D eigenvalue weighted by Gasteiger charge is -2.24. The third-order valence-electron chi connectivity index (χ3n) is 5.30. The summed E-state index contributed by atoms with van der Waals surface area (Å²) in [4.78, 5) is 32.1. The molecule has 2 aromatic rings. The van der Waals surface area contributed by atoms with Crippen LogP contribution in [0, 0.1) is 5.92 Å². The third-order valence-corrected chi connectivity index (χ3v) is 5.30. The molecular weight excluding hydrogens is 354 g/mol. The van der Waals surface area contributed by atoms with Crippen LogP contribution in [0.4, 0.5) is 11.4 Å². The topological polar surface area (TPSA) is 71.0 Å². The highest BCUT2D eigenvalue weighted by molar-refractivity contribution is 6.16. The Hall–Kier alpha value is -3.15. The van der Waals surface area contributed by atoms with Gasteiger partial charge in [0.1, 0.15) is 12.3 Å². The summed E-state index contributed by atoms with van der Waals surface area (Å²) in [5.74, 6) is 0.265. The maximum absolute atomic E-state index is 13.1. The Morgan fingerprint density at radius 2 is 2.00 bits per heavy atom. The zero-order valence-electron chi connectivity index (χ0n) is 15.9. The number of nitrogens with zero attached hydrogens (tertiary/aromatic N) is 2. The predicted molar refractivity (Wildman–Crippen MR) is 108 cm³/mol. The molecule has 6 nitrogen and oxygen atoms in total. The molecule has 1 fully saturated rings. The standard InChI is InChI=1S/C22H23N3O3/c1-28-20-12-5-2-7-15(20)13-23-21(26)14-25-19-11-4-3-9-18(19)24-17-10-6-8-16(17)22(25)27/h2-5,7,9,11-12,16H,6,8,10,13-14H2,1H3,(H,23,26). The lowest BCUT2D eigenvalue weighted by atomic mass is 10.1. The fraction of sp³-hybridized carbons (Fsp3) is 0.318. The van der Waals surface area contributed by atoms with E-state index in [0.29, 0.717) is 12.2 Å². The van der Waals surface area contributed by atoms with Gasteiger partial charge in [-0.3, -0.25) is 14.6 Å². The molecule has 6 heteroatoms. The van der Waals surface area contributed by atoms with Crippen LogP contribution in [0.1, 0.15) is 24.8 Å². The smallest absolute Gasteiger partial charge is 0.240 e. The number of aliphatic imine (C=N–C) groups is 1. The zero-order valence-corrected chi connectivity index (χ0v) is 15.9. The highest BCUT2D eigenvalue weighted by atomic mass is 16.5. The molecule has 1 aliphatic heterocycles. The highest BCUT2D eigenvalue weighted by Gasteiger charge is 2.36. The second-order valence-corrected chi connectivity index (χ2v) is 7.05. The third kappa shape index (κ3) is 3.50. The normalized spacial score (nSPS) is 18.0. The first-order chi connectivity index (χ1) is 13.7. The van der Waals surface area contributed by atoms with Crippen molar-refractivity contribution in [2.45, 2.75) is 25.8 Å². The van der Waals surface area contributed by atoms with Crippen LogP contribution >= 0.6 is 0 Å². The summed E-state index contributed by atoms with van der Waals surface area (Å²) in [7, 11) is 1.60. The van der Waals surface area contributed by atoms with Gasteiger partial charge in [0.25, 0.3) is 0 Å². The number of carbonyl (C=O) groups is 2. The van der Waals surface area contributed by atoms with Gasteiger partial charge in [0.2, 0.25) is 11.8 Å². The molecule has 4 rings (SSSR count). The van der Waals surface area contributed by atoms with E-state index in [1.807, 2.05) is 48.5 Å². The fourth-order valence-electron chi connectivity index (χ4n) is 3.88. The average molecular weight is 377 g/mol. The SMILES string of the molecule is COc1ccccc1CNC(=O)CN1C(=O)C2CCCC2=Nc2ccccc21. The minimum Gasteiger partial charge on any atom is -0.496 e. The van der Waals surface area contributed by atoms with E-state index in [-0.39, 0.29) is 24.3 Å². The molecule has 1 unspecified atom stereocenters. The number of fused-ring (bicyclic) bond motifs is 2. The van der Waals surface area contributed by atoms with Gasteiger partial charge in [-0.2, -0.15) is 0 Å². The van der Waals surface area contributed by atoms with Gasteiger partial charge >= 0.3 is 0 Å². The Labute approximate surface area is 164 Å². The molecule has 2 aliphatic rings. The van der Waals surface area contributed by atoms with Crippen LogP contribution in [0.25, 0.3) is 0 Å². The van der Waals surface area contributed by atoms with E-state index in [0.717, 1.165) is 42.0 Å². The number of para-hydroxylation sites is 3. The summed E-state index contributed by atoms with van der Waals surface area (Å²) in [5.41, 5.74) is 3.28. The summed E-state index contributed by atoms with van der Waals surface area (Å²) in [6.07, 6.45) is 2.61. The van der Waals surface area contributed by atoms with E-state index in [9.17, 15) is 9.59 Å². The summed E-state index contributed by atoms with van der Waals surface area (Å²) in [6, 6.07) is 15.1. The van der Waals surface area contributed by atoms with E-state index in [1.165, 1.54) is 0 Å². The number of ether oxygens (including phenoxy) is 1. The Balaban J connectivity index is 1.52. The lowest BCUT2D eigenvalue weighted by Crippen LogP contribution is -2.43. The molecule has 0 bridgehead atoms. The Morgan fingerprint density at radius 1 is 1.21 bits per heavy atom. The van der Waals surface area contributed by atoms with Crippen molar-refractivity contribution in [3.63, 3.8) is 0 Å². The van der Waals surface area contributed by atoms with Crippen molar-refractivity contribution in [1.29, 1.82) is 0 Å². The largest absolute Gasteiger partial charge is 0.496 e. The monoisotopic (exact) mass is 377 g/mol. The molecule has 0 spiro atoms. The second-order valence-electron chi connectivity index (χ2n) is 7.05. The molecule has 0 aromatic heterocycles. The second kappa shape index (κ2) is 7.84. The quantitative estimate of drug-likeness (QED) is 0.870. The van der Waals surface area contributed by atoms with Crippen molar-refractivity contribution in [1.82, 2.24) is 5.32 Å². The van der Waals surface area contributed by atoms with Gasteiger partial charge in [0, 0.05) is 17.8 Å². The number of benzene rings is 2. The first kappa shape index (κ1) is 18.2. The van der Waals surface area contributed by atoms with Crippen LogP contribution < -0.4 is 15.0 Å². The molecule has 0 saturated heterocycles. The lowest BCUT2D eigenvalue weighted by molar-refractivity contribution is -0.124. The molecule has 1 N–H and O–H groups in total. The Morgan fingerprint density at radius 3 is 2.86 bits per heavy atom. The van der Waals surface area contributed by atoms with Crippen LogP contribution in [0.5, 0.6) is 5.75 Å². The number of rotatable bonds is 5. The van der Waals surface area contributed by atoms with E-state index in [4.69, 9.17) is 9.73 Å². The molecular formula is C22H23N3O3. The predicted octanol–water partition coefficient (Wildman–Crippen LogP) is 3.23. The van der Waals surface area contributed by atoms with Crippen LogP contribution in [0.2, 0.25) is 0 Å². The van der Waals surface area contributed by atoms with Crippen molar-refractivity contribution in [2.75, 3.05) is 18.6 Å². The molecule has 2 amide bonds. The molecule has 1 atom stereocenters. The molecule has 1 aliphatic carbocycles. The van der Waals surface area contributed by atoms with Gasteiger partial charge in [-0.1, -0.05) is 30.3 Å². The van der Waals surface area contributed by atoms with Gasteiger partial charge in [-0.05, 0) is 37.5 Å². The summed E-state index contributed by atoms with van der Waals surface area (Å²) in [6.45, 7) is 0.321. The number of methoxy groups -OCH3 is 1. The number of anilines is 1. The van der Waals surface area contributed by atoms with E-state index in [1.54, 1.807) is 12.0 Å². The average Bonchev–Trinajstić information content (AvgIpc) is 3.15. The Kier molecular flexibility index (Phi) is 5.10. The van der Waals surface area contributed by atoms with E-state index in [2.05, 4.69) is 5.32 Å². The molecule has 28 heavy (non-hydrogen) atoms. The molecule has 144 valence electrons. The molecule has 1 heterocycles. The van der Waals surface area contributed by atoms with Crippen LogP contribution in [0.3, 0.4) is 0 Å². The van der Waals surface area contributed by atoms with Crippen molar-refractivity contribution < 1.29 is 14.3 Å². The molecule has 1 saturated carbocycles. The van der Waals surface area contributed by atoms with Gasteiger partial charge in [0.05, 0.1) is 24.4 Å². The molecule has 2 aromatic carbocycles. The minimum absolute atomic E-state index is 0.0235. The number of nitrogens with one attached hydrogen (secondary N) is 1. The van der Waals surface area contributed by atoms with Crippen LogP contribution in [-0.2, 0) is 16.1 Å². The number of carbonyl (C=O) groups excluding carboxylic acids is 2. The number of hydrogen-bond donors (Lipinski definition) is 1. The van der Waals surface area contributed by atoms with Crippen molar-refractivity contribution >= 4 is 28.9 Å². The van der Waals surface area contributed by atoms with E-state index >= 15 is 0 Å². The van der Waals surface area contributed by atoms with Crippen LogP contribution in [-0.4, -0.2) is 31.2 Å². The first-order valence-corrected chi connectivity index (χ1v) is 9.54. The Bertz CT molecular complexity index is 938. The van der Waals surface area contributed by atoms with Gasteiger partial charge in [-0.25, -0.2) is 0 Å². The number of hydrogen-bond acceptors (Lipinski definition) is 4. The maximum Gasteiger partial charge on any atom is 0.240 e. The van der Waals surface area contributed by atoms with Crippen molar-refractivity contribution in [2.24, 2.45) is 10.9 Å². The number of amides is 2. The van der Waals surface area contributed by atoms with Gasteiger partial charge in [0.15, 0.2) is 0 Å².